The molecule has 0 aromatic rings. The SMILES string of the molecule is CC(C)(C)OC(=O)N1CCCC(CC[C@@H]2C[C@H]2CN)C1. The summed E-state index contributed by atoms with van der Waals surface area (Å²) in [6.07, 6.45) is 6.05. The average molecular weight is 282 g/mol. The van der Waals surface area contributed by atoms with Crippen LogP contribution < -0.4 is 5.73 Å². The molecule has 3 atom stereocenters. The van der Waals surface area contributed by atoms with E-state index in [1.165, 1.54) is 25.7 Å². The van der Waals surface area contributed by atoms with Crippen LogP contribution in [0.4, 0.5) is 4.79 Å². The summed E-state index contributed by atoms with van der Waals surface area (Å²) in [6.45, 7) is 8.33. The lowest BCUT2D eigenvalue weighted by molar-refractivity contribution is 0.0160. The molecule has 0 aromatic carbocycles. The van der Waals surface area contributed by atoms with Crippen LogP contribution in [0.1, 0.15) is 52.9 Å². The lowest BCUT2D eigenvalue weighted by Gasteiger charge is -2.34. The lowest BCUT2D eigenvalue weighted by Crippen LogP contribution is -2.42. The molecular weight excluding hydrogens is 252 g/mol. The normalized spacial score (nSPS) is 30.2. The molecular formula is C16H30N2O2. The monoisotopic (exact) mass is 282 g/mol. The first-order valence-corrected chi connectivity index (χ1v) is 8.07. The second-order valence-electron chi connectivity index (χ2n) is 7.50. The molecule has 1 amide bonds. The van der Waals surface area contributed by atoms with Gasteiger partial charge in [-0.3, -0.25) is 0 Å². The summed E-state index contributed by atoms with van der Waals surface area (Å²) in [7, 11) is 0. The molecule has 0 radical (unpaired) electrons. The summed E-state index contributed by atoms with van der Waals surface area (Å²) in [5.74, 6) is 2.28. The summed E-state index contributed by atoms with van der Waals surface area (Å²) >= 11 is 0. The van der Waals surface area contributed by atoms with Gasteiger partial charge >= 0.3 is 6.09 Å². The Labute approximate surface area is 123 Å². The first-order chi connectivity index (χ1) is 9.39. The van der Waals surface area contributed by atoms with Crippen molar-refractivity contribution in [3.05, 3.63) is 0 Å². The van der Waals surface area contributed by atoms with E-state index in [4.69, 9.17) is 10.5 Å². The summed E-state index contributed by atoms with van der Waals surface area (Å²) < 4.78 is 5.47. The number of rotatable bonds is 4. The molecule has 4 heteroatoms. The van der Waals surface area contributed by atoms with Crippen LogP contribution in [0.2, 0.25) is 0 Å². The van der Waals surface area contributed by atoms with Crippen molar-refractivity contribution >= 4 is 6.09 Å². The van der Waals surface area contributed by atoms with E-state index in [1.807, 2.05) is 25.7 Å². The van der Waals surface area contributed by atoms with Crippen LogP contribution in [0.25, 0.3) is 0 Å². The van der Waals surface area contributed by atoms with E-state index in [0.717, 1.165) is 37.9 Å². The Kier molecular flexibility index (Phi) is 4.95. The van der Waals surface area contributed by atoms with E-state index < -0.39 is 5.60 Å². The van der Waals surface area contributed by atoms with Crippen molar-refractivity contribution in [3.63, 3.8) is 0 Å². The Bertz CT molecular complexity index is 338. The van der Waals surface area contributed by atoms with Crippen molar-refractivity contribution < 1.29 is 9.53 Å². The average Bonchev–Trinajstić information content (AvgIpc) is 3.13. The van der Waals surface area contributed by atoms with Gasteiger partial charge in [-0.2, -0.15) is 0 Å². The Hall–Kier alpha value is -0.770. The molecule has 20 heavy (non-hydrogen) atoms. The molecule has 0 spiro atoms. The van der Waals surface area contributed by atoms with Crippen molar-refractivity contribution in [2.75, 3.05) is 19.6 Å². The zero-order valence-corrected chi connectivity index (χ0v) is 13.2. The third kappa shape index (κ3) is 4.65. The van der Waals surface area contributed by atoms with Crippen LogP contribution >= 0.6 is 0 Å². The quantitative estimate of drug-likeness (QED) is 0.862. The minimum absolute atomic E-state index is 0.145. The Balaban J connectivity index is 1.72. The molecule has 1 heterocycles. The number of likely N-dealkylation sites (tertiary alicyclic amines) is 1. The first-order valence-electron chi connectivity index (χ1n) is 8.07. The molecule has 116 valence electrons. The van der Waals surface area contributed by atoms with E-state index in [1.54, 1.807) is 0 Å². The summed E-state index contributed by atoms with van der Waals surface area (Å²) in [5.41, 5.74) is 5.29. The van der Waals surface area contributed by atoms with E-state index in [9.17, 15) is 4.79 Å². The third-order valence-electron chi connectivity index (χ3n) is 4.49. The van der Waals surface area contributed by atoms with Crippen molar-refractivity contribution in [3.8, 4) is 0 Å². The number of hydrogen-bond acceptors (Lipinski definition) is 3. The Morgan fingerprint density at radius 2 is 2.05 bits per heavy atom. The summed E-state index contributed by atoms with van der Waals surface area (Å²) in [6, 6.07) is 0. The molecule has 0 bridgehead atoms. The van der Waals surface area contributed by atoms with E-state index in [0.29, 0.717) is 5.92 Å². The predicted octanol–water partition coefficient (Wildman–Crippen LogP) is 3.01. The van der Waals surface area contributed by atoms with Crippen LogP contribution in [-0.2, 0) is 4.74 Å². The Morgan fingerprint density at radius 1 is 1.30 bits per heavy atom. The maximum absolute atomic E-state index is 12.1. The molecule has 2 fully saturated rings. The van der Waals surface area contributed by atoms with Crippen LogP contribution in [-0.4, -0.2) is 36.2 Å². The zero-order valence-electron chi connectivity index (χ0n) is 13.2. The minimum atomic E-state index is -0.396. The maximum Gasteiger partial charge on any atom is 0.410 e. The van der Waals surface area contributed by atoms with E-state index in [-0.39, 0.29) is 6.09 Å². The van der Waals surface area contributed by atoms with E-state index >= 15 is 0 Å². The number of hydrogen-bond donors (Lipinski definition) is 1. The van der Waals surface area contributed by atoms with Gasteiger partial charge in [-0.05, 0) is 77.2 Å². The Morgan fingerprint density at radius 3 is 2.65 bits per heavy atom. The largest absolute Gasteiger partial charge is 0.444 e. The number of amides is 1. The van der Waals surface area contributed by atoms with Crippen molar-refractivity contribution in [2.24, 2.45) is 23.5 Å². The summed E-state index contributed by atoms with van der Waals surface area (Å²) in [4.78, 5) is 14.0. The number of carbonyl (C=O) groups excluding carboxylic acids is 1. The van der Waals surface area contributed by atoms with Gasteiger partial charge in [0, 0.05) is 13.1 Å². The molecule has 2 N–H and O–H groups in total. The van der Waals surface area contributed by atoms with Crippen molar-refractivity contribution in [2.45, 2.75) is 58.5 Å². The number of piperidine rings is 1. The highest BCUT2D eigenvalue weighted by atomic mass is 16.6. The van der Waals surface area contributed by atoms with E-state index in [2.05, 4.69) is 0 Å². The number of nitrogens with two attached hydrogens (primary N) is 1. The van der Waals surface area contributed by atoms with Gasteiger partial charge in [0.15, 0.2) is 0 Å². The number of nitrogens with zero attached hydrogens (tertiary/aromatic N) is 1. The van der Waals surface area contributed by atoms with Gasteiger partial charge < -0.3 is 15.4 Å². The van der Waals surface area contributed by atoms with Crippen LogP contribution in [0.5, 0.6) is 0 Å². The molecule has 1 saturated carbocycles. The zero-order chi connectivity index (χ0) is 14.8. The fourth-order valence-electron chi connectivity index (χ4n) is 3.20. The molecule has 1 unspecified atom stereocenters. The topological polar surface area (TPSA) is 55.6 Å². The second kappa shape index (κ2) is 6.33. The molecule has 4 nitrogen and oxygen atoms in total. The molecule has 2 rings (SSSR count). The third-order valence-corrected chi connectivity index (χ3v) is 4.49. The second-order valence-corrected chi connectivity index (χ2v) is 7.50. The van der Waals surface area contributed by atoms with Crippen molar-refractivity contribution in [1.29, 1.82) is 0 Å². The molecule has 2 aliphatic rings. The van der Waals surface area contributed by atoms with Gasteiger partial charge in [-0.25, -0.2) is 4.79 Å². The van der Waals surface area contributed by atoms with Crippen LogP contribution in [0.15, 0.2) is 0 Å². The van der Waals surface area contributed by atoms with Crippen LogP contribution in [0.3, 0.4) is 0 Å². The fourth-order valence-corrected chi connectivity index (χ4v) is 3.20. The highest BCUT2D eigenvalue weighted by molar-refractivity contribution is 5.68. The predicted molar refractivity (Wildman–Crippen MR) is 80.4 cm³/mol. The molecule has 1 saturated heterocycles. The fraction of sp³-hybridized carbons (Fsp3) is 0.938. The number of ether oxygens (including phenoxy) is 1. The minimum Gasteiger partial charge on any atom is -0.444 e. The van der Waals surface area contributed by atoms with Gasteiger partial charge in [0.05, 0.1) is 0 Å². The van der Waals surface area contributed by atoms with Gasteiger partial charge in [-0.1, -0.05) is 0 Å². The molecule has 0 aromatic heterocycles. The highest BCUT2D eigenvalue weighted by Gasteiger charge is 2.36. The van der Waals surface area contributed by atoms with Gasteiger partial charge in [-0.15, -0.1) is 0 Å². The number of carbonyl (C=O) groups is 1. The molecule has 1 aliphatic heterocycles. The van der Waals surface area contributed by atoms with Gasteiger partial charge in [0.1, 0.15) is 5.60 Å². The molecule has 1 aliphatic carbocycles. The van der Waals surface area contributed by atoms with Gasteiger partial charge in [0.25, 0.3) is 0 Å². The standard InChI is InChI=1S/C16H30N2O2/c1-16(2,3)20-15(19)18-8-4-5-12(11-18)6-7-13-9-14(13)10-17/h12-14H,4-11,17H2,1-3H3/t12?,13-,14+/m1/s1. The maximum atomic E-state index is 12.1. The van der Waals surface area contributed by atoms with Gasteiger partial charge in [0.2, 0.25) is 0 Å². The van der Waals surface area contributed by atoms with Crippen LogP contribution in [0, 0.1) is 17.8 Å². The summed E-state index contributed by atoms with van der Waals surface area (Å²) in [5, 5.41) is 0. The first kappa shape index (κ1) is 15.6. The lowest BCUT2D eigenvalue weighted by atomic mass is 9.92. The smallest absolute Gasteiger partial charge is 0.410 e. The highest BCUT2D eigenvalue weighted by Crippen LogP contribution is 2.42. The van der Waals surface area contributed by atoms with Crippen molar-refractivity contribution in [1.82, 2.24) is 4.90 Å².